The number of halogens is 1. The first-order valence-electron chi connectivity index (χ1n) is 3.90. The molecular weight excluding hydrogens is 202 g/mol. The van der Waals surface area contributed by atoms with Gasteiger partial charge in [-0.15, -0.1) is 0 Å². The number of para-hydroxylation sites is 1. The highest BCUT2D eigenvalue weighted by Crippen LogP contribution is 2.19. The van der Waals surface area contributed by atoms with E-state index in [0.29, 0.717) is 10.9 Å². The predicted molar refractivity (Wildman–Crippen MR) is 53.1 cm³/mol. The molecule has 4 nitrogen and oxygen atoms in total. The molecule has 2 rings (SSSR count). The number of carbonyl (C=O) groups excluding carboxylic acids is 1. The fraction of sp³-hybridized carbons (Fsp3) is 0. The van der Waals surface area contributed by atoms with E-state index in [1.54, 1.807) is 18.2 Å². The molecule has 5 heteroatoms. The molecule has 2 N–H and O–H groups in total. The van der Waals surface area contributed by atoms with E-state index in [2.05, 4.69) is 9.97 Å². The molecule has 0 bridgehead atoms. The number of amides is 1. The summed E-state index contributed by atoms with van der Waals surface area (Å²) in [5.41, 5.74) is 5.66. The summed E-state index contributed by atoms with van der Waals surface area (Å²) in [5.74, 6) is -0.744. The summed E-state index contributed by atoms with van der Waals surface area (Å²) in [7, 11) is 0. The van der Waals surface area contributed by atoms with Crippen LogP contribution in [0.15, 0.2) is 24.3 Å². The molecule has 0 atom stereocenters. The zero-order valence-corrected chi connectivity index (χ0v) is 7.82. The number of hydrogen-bond acceptors (Lipinski definition) is 3. The first-order valence-corrected chi connectivity index (χ1v) is 4.28. The maximum atomic E-state index is 10.8. The van der Waals surface area contributed by atoms with Gasteiger partial charge in [0, 0.05) is 5.39 Å². The summed E-state index contributed by atoms with van der Waals surface area (Å²) >= 11 is 5.85. The van der Waals surface area contributed by atoms with Crippen LogP contribution in [-0.4, -0.2) is 15.9 Å². The van der Waals surface area contributed by atoms with Crippen molar-refractivity contribution in [2.24, 2.45) is 5.73 Å². The van der Waals surface area contributed by atoms with Gasteiger partial charge in [-0.1, -0.05) is 23.7 Å². The Balaban J connectivity index is 2.78. The first kappa shape index (κ1) is 8.90. The highest BCUT2D eigenvalue weighted by molar-refractivity contribution is 6.34. The van der Waals surface area contributed by atoms with E-state index in [9.17, 15) is 4.79 Å². The van der Waals surface area contributed by atoms with Crippen molar-refractivity contribution in [2.75, 3.05) is 0 Å². The van der Waals surface area contributed by atoms with Gasteiger partial charge in [-0.3, -0.25) is 4.79 Å². The average molecular weight is 208 g/mol. The van der Waals surface area contributed by atoms with Gasteiger partial charge in [0.1, 0.15) is 5.15 Å². The molecule has 1 heterocycles. The highest BCUT2D eigenvalue weighted by Gasteiger charge is 2.08. The van der Waals surface area contributed by atoms with Gasteiger partial charge in [0.25, 0.3) is 5.91 Å². The Morgan fingerprint density at radius 2 is 2.00 bits per heavy atom. The minimum atomic E-state index is -0.683. The number of hydrogen-bond donors (Lipinski definition) is 1. The summed E-state index contributed by atoms with van der Waals surface area (Å²) in [4.78, 5) is 18.6. The molecular formula is C9H6ClN3O. The third-order valence-electron chi connectivity index (χ3n) is 1.78. The lowest BCUT2D eigenvalue weighted by atomic mass is 10.2. The van der Waals surface area contributed by atoms with E-state index in [1.165, 1.54) is 0 Å². The molecule has 0 aliphatic carbocycles. The summed E-state index contributed by atoms with van der Waals surface area (Å²) < 4.78 is 0. The van der Waals surface area contributed by atoms with Gasteiger partial charge in [-0.05, 0) is 12.1 Å². The highest BCUT2D eigenvalue weighted by atomic mass is 35.5. The predicted octanol–water partition coefficient (Wildman–Crippen LogP) is 1.38. The maximum absolute atomic E-state index is 10.8. The lowest BCUT2D eigenvalue weighted by molar-refractivity contribution is 0.0991. The zero-order chi connectivity index (χ0) is 10.1. The molecule has 0 radical (unpaired) electrons. The van der Waals surface area contributed by atoms with Crippen molar-refractivity contribution < 1.29 is 4.79 Å². The molecule has 0 aliphatic rings. The van der Waals surface area contributed by atoms with Crippen molar-refractivity contribution in [1.29, 1.82) is 0 Å². The van der Waals surface area contributed by atoms with Crippen molar-refractivity contribution in [3.05, 3.63) is 35.2 Å². The van der Waals surface area contributed by atoms with Crippen LogP contribution < -0.4 is 5.73 Å². The molecule has 1 amide bonds. The number of carbonyl (C=O) groups is 1. The molecule has 1 aromatic carbocycles. The molecule has 0 aliphatic heterocycles. The Morgan fingerprint density at radius 1 is 1.29 bits per heavy atom. The van der Waals surface area contributed by atoms with Crippen LogP contribution in [0.1, 0.15) is 10.6 Å². The molecule has 0 spiro atoms. The van der Waals surface area contributed by atoms with Crippen molar-refractivity contribution in [2.45, 2.75) is 0 Å². The van der Waals surface area contributed by atoms with Crippen molar-refractivity contribution in [3.63, 3.8) is 0 Å². The second kappa shape index (κ2) is 3.23. The van der Waals surface area contributed by atoms with Crippen LogP contribution >= 0.6 is 11.6 Å². The third-order valence-corrected chi connectivity index (χ3v) is 2.07. The number of primary amides is 1. The second-order valence-electron chi connectivity index (χ2n) is 2.72. The molecule has 14 heavy (non-hydrogen) atoms. The number of nitrogens with two attached hydrogens (primary N) is 1. The topological polar surface area (TPSA) is 68.9 Å². The minimum Gasteiger partial charge on any atom is -0.363 e. The number of benzene rings is 1. The minimum absolute atomic E-state index is 0.0614. The van der Waals surface area contributed by atoms with Crippen molar-refractivity contribution in [3.8, 4) is 0 Å². The Hall–Kier alpha value is -1.68. The molecule has 0 saturated heterocycles. The molecule has 1 aromatic heterocycles. The van der Waals surface area contributed by atoms with Gasteiger partial charge in [0.05, 0.1) is 5.52 Å². The summed E-state index contributed by atoms with van der Waals surface area (Å²) in [6.07, 6.45) is 0. The van der Waals surface area contributed by atoms with Crippen LogP contribution in [0.3, 0.4) is 0 Å². The number of nitrogens with zero attached hydrogens (tertiary/aromatic N) is 2. The average Bonchev–Trinajstić information content (AvgIpc) is 2.17. The van der Waals surface area contributed by atoms with E-state index in [4.69, 9.17) is 17.3 Å². The van der Waals surface area contributed by atoms with Gasteiger partial charge in [-0.25, -0.2) is 9.97 Å². The smallest absolute Gasteiger partial charge is 0.286 e. The fourth-order valence-electron chi connectivity index (χ4n) is 1.15. The van der Waals surface area contributed by atoms with Crippen LogP contribution in [0.4, 0.5) is 0 Å². The van der Waals surface area contributed by atoms with Gasteiger partial charge in [-0.2, -0.15) is 0 Å². The quantitative estimate of drug-likeness (QED) is 0.719. The van der Waals surface area contributed by atoms with E-state index in [0.717, 1.165) is 0 Å². The van der Waals surface area contributed by atoms with Crippen molar-refractivity contribution >= 4 is 28.4 Å². The van der Waals surface area contributed by atoms with Crippen LogP contribution in [-0.2, 0) is 0 Å². The van der Waals surface area contributed by atoms with Gasteiger partial charge < -0.3 is 5.73 Å². The standard InChI is InChI=1S/C9H6ClN3O/c10-7-5-3-1-2-4-6(5)12-9(13-7)8(11)14/h1-4H,(H2,11,14). The van der Waals surface area contributed by atoms with Gasteiger partial charge in [0.15, 0.2) is 0 Å². The van der Waals surface area contributed by atoms with E-state index < -0.39 is 5.91 Å². The maximum Gasteiger partial charge on any atom is 0.286 e. The third kappa shape index (κ3) is 1.40. The largest absolute Gasteiger partial charge is 0.363 e. The molecule has 0 saturated carbocycles. The molecule has 2 aromatic rings. The van der Waals surface area contributed by atoms with Gasteiger partial charge in [0.2, 0.25) is 5.82 Å². The van der Waals surface area contributed by atoms with E-state index in [-0.39, 0.29) is 11.0 Å². The van der Waals surface area contributed by atoms with Crippen LogP contribution in [0.5, 0.6) is 0 Å². The Kier molecular flexibility index (Phi) is 2.05. The molecule has 0 fully saturated rings. The lowest BCUT2D eigenvalue weighted by Crippen LogP contribution is -2.15. The van der Waals surface area contributed by atoms with Crippen LogP contribution in [0, 0.1) is 0 Å². The van der Waals surface area contributed by atoms with Crippen LogP contribution in [0.25, 0.3) is 10.9 Å². The van der Waals surface area contributed by atoms with Crippen LogP contribution in [0.2, 0.25) is 5.15 Å². The number of rotatable bonds is 1. The van der Waals surface area contributed by atoms with Crippen molar-refractivity contribution in [1.82, 2.24) is 9.97 Å². The summed E-state index contributed by atoms with van der Waals surface area (Å²) in [6, 6.07) is 7.15. The number of fused-ring (bicyclic) bond motifs is 1. The fourth-order valence-corrected chi connectivity index (χ4v) is 1.39. The first-order chi connectivity index (χ1) is 6.68. The summed E-state index contributed by atoms with van der Waals surface area (Å²) in [5, 5.41) is 0.948. The summed E-state index contributed by atoms with van der Waals surface area (Å²) in [6.45, 7) is 0. The van der Waals surface area contributed by atoms with Gasteiger partial charge >= 0.3 is 0 Å². The second-order valence-corrected chi connectivity index (χ2v) is 3.08. The molecule has 70 valence electrons. The van der Waals surface area contributed by atoms with E-state index >= 15 is 0 Å². The number of aromatic nitrogens is 2. The molecule has 0 unspecified atom stereocenters. The Bertz CT molecular complexity index is 512. The Labute approximate surface area is 84.7 Å². The van der Waals surface area contributed by atoms with E-state index in [1.807, 2.05) is 6.07 Å². The SMILES string of the molecule is NC(=O)c1nc(Cl)c2ccccc2n1. The zero-order valence-electron chi connectivity index (χ0n) is 7.07. The lowest BCUT2D eigenvalue weighted by Gasteiger charge is -2.00. The normalized spacial score (nSPS) is 10.4. The monoisotopic (exact) mass is 207 g/mol. The Morgan fingerprint density at radius 3 is 2.71 bits per heavy atom.